The molecule has 3 heterocycles. The molecule has 5 rings (SSSR count). The van der Waals surface area contributed by atoms with Crippen LogP contribution in [0.4, 0.5) is 5.82 Å². The molecule has 6 heteroatoms. The molecule has 1 fully saturated rings. The summed E-state index contributed by atoms with van der Waals surface area (Å²) in [5, 5.41) is 3.40. The Kier molecular flexibility index (Phi) is 5.89. The fourth-order valence-electron chi connectivity index (χ4n) is 4.51. The highest BCUT2D eigenvalue weighted by Crippen LogP contribution is 2.28. The third-order valence-corrected chi connectivity index (χ3v) is 6.36. The minimum Gasteiger partial charge on any atom is -0.358 e. The van der Waals surface area contributed by atoms with Gasteiger partial charge in [0.1, 0.15) is 5.82 Å². The largest absolute Gasteiger partial charge is 0.358 e. The van der Waals surface area contributed by atoms with Gasteiger partial charge in [-0.25, -0.2) is 0 Å². The second-order valence-corrected chi connectivity index (χ2v) is 8.60. The number of fused-ring (bicyclic) bond motifs is 1. The Labute approximate surface area is 192 Å². The number of aromatic nitrogens is 2. The molecule has 0 bridgehead atoms. The molecule has 0 saturated carbocycles. The van der Waals surface area contributed by atoms with Crippen LogP contribution in [0.25, 0.3) is 10.9 Å². The molecule has 0 aliphatic carbocycles. The van der Waals surface area contributed by atoms with Crippen molar-refractivity contribution in [3.8, 4) is 0 Å². The summed E-state index contributed by atoms with van der Waals surface area (Å²) < 4.78 is 0. The molecule has 0 radical (unpaired) electrons. The molecule has 1 aliphatic heterocycles. The summed E-state index contributed by atoms with van der Waals surface area (Å²) in [6, 6.07) is 21.4. The van der Waals surface area contributed by atoms with Gasteiger partial charge in [0.25, 0.3) is 11.8 Å². The average Bonchev–Trinajstić information content (AvgIpc) is 3.29. The molecule has 1 saturated heterocycles. The smallest absolute Gasteiger partial charge is 0.258 e. The summed E-state index contributed by atoms with van der Waals surface area (Å²) in [4.78, 5) is 34.6. The third-order valence-electron chi connectivity index (χ3n) is 6.36. The van der Waals surface area contributed by atoms with E-state index in [1.807, 2.05) is 12.1 Å². The predicted octanol–water partition coefficient (Wildman–Crippen LogP) is 4.59. The topological polar surface area (TPSA) is 78.1 Å². The highest BCUT2D eigenvalue weighted by molar-refractivity contribution is 6.11. The summed E-state index contributed by atoms with van der Waals surface area (Å²) in [6.45, 7) is 2.02. The van der Waals surface area contributed by atoms with Crippen molar-refractivity contribution < 1.29 is 9.59 Å². The van der Waals surface area contributed by atoms with Crippen molar-refractivity contribution in [2.45, 2.75) is 19.3 Å². The molecular formula is C27H26N4O2. The molecule has 0 atom stereocenters. The number of nitrogens with zero attached hydrogens (tertiary/aromatic N) is 2. The quantitative estimate of drug-likeness (QED) is 0.447. The van der Waals surface area contributed by atoms with E-state index in [9.17, 15) is 9.59 Å². The molecule has 2 aromatic carbocycles. The van der Waals surface area contributed by atoms with Gasteiger partial charge < -0.3 is 9.88 Å². The molecule has 4 aromatic rings. The summed E-state index contributed by atoms with van der Waals surface area (Å²) in [7, 11) is 0. The van der Waals surface area contributed by atoms with E-state index >= 15 is 0 Å². The second-order valence-electron chi connectivity index (χ2n) is 8.60. The maximum Gasteiger partial charge on any atom is 0.258 e. The zero-order valence-corrected chi connectivity index (χ0v) is 18.3. The molecule has 6 nitrogen and oxygen atoms in total. The summed E-state index contributed by atoms with van der Waals surface area (Å²) >= 11 is 0. The van der Waals surface area contributed by atoms with E-state index in [0.717, 1.165) is 49.1 Å². The number of hydrogen-bond acceptors (Lipinski definition) is 4. The van der Waals surface area contributed by atoms with E-state index < -0.39 is 11.8 Å². The van der Waals surface area contributed by atoms with E-state index in [0.29, 0.717) is 17.0 Å². The van der Waals surface area contributed by atoms with Crippen molar-refractivity contribution in [2.24, 2.45) is 5.92 Å². The van der Waals surface area contributed by atoms with E-state index in [4.69, 9.17) is 0 Å². The molecule has 2 N–H and O–H groups in total. The number of hydrogen-bond donors (Lipinski definition) is 2. The number of benzene rings is 2. The maximum absolute atomic E-state index is 12.6. The second kappa shape index (κ2) is 9.28. The molecule has 2 amide bonds. The van der Waals surface area contributed by atoms with Crippen LogP contribution in [0.5, 0.6) is 0 Å². The molecule has 0 unspecified atom stereocenters. The number of carbonyl (C=O) groups excluding carboxylic acids is 2. The average molecular weight is 439 g/mol. The van der Waals surface area contributed by atoms with Gasteiger partial charge in [-0.15, -0.1) is 0 Å². The van der Waals surface area contributed by atoms with Crippen LogP contribution in [0, 0.1) is 5.92 Å². The van der Waals surface area contributed by atoms with Crippen LogP contribution < -0.4 is 10.2 Å². The van der Waals surface area contributed by atoms with Crippen LogP contribution in [-0.2, 0) is 6.42 Å². The fraction of sp³-hybridized carbons (Fsp3) is 0.222. The normalized spacial score (nSPS) is 14.4. The van der Waals surface area contributed by atoms with Gasteiger partial charge >= 0.3 is 0 Å². The number of carbonyl (C=O) groups is 2. The van der Waals surface area contributed by atoms with Gasteiger partial charge in [-0.3, -0.25) is 19.9 Å². The van der Waals surface area contributed by atoms with E-state index in [-0.39, 0.29) is 0 Å². The number of imide groups is 1. The lowest BCUT2D eigenvalue weighted by molar-refractivity contribution is 0.0849. The van der Waals surface area contributed by atoms with Gasteiger partial charge in [0.05, 0.1) is 0 Å². The zero-order valence-electron chi connectivity index (χ0n) is 18.3. The van der Waals surface area contributed by atoms with Gasteiger partial charge in [0.15, 0.2) is 0 Å². The third kappa shape index (κ3) is 4.80. The minimum absolute atomic E-state index is 0.402. The van der Waals surface area contributed by atoms with Gasteiger partial charge in [-0.05, 0) is 67.1 Å². The van der Waals surface area contributed by atoms with Gasteiger partial charge in [0.2, 0.25) is 0 Å². The Balaban J connectivity index is 1.23. The predicted molar refractivity (Wildman–Crippen MR) is 129 cm³/mol. The van der Waals surface area contributed by atoms with Crippen LogP contribution in [-0.4, -0.2) is 34.9 Å². The number of piperidine rings is 1. The van der Waals surface area contributed by atoms with Crippen molar-refractivity contribution in [2.75, 3.05) is 18.0 Å². The van der Waals surface area contributed by atoms with Gasteiger partial charge in [-0.2, -0.15) is 0 Å². The SMILES string of the molecule is O=C(NC(=O)c1ccc2[nH]c(N3CCC(Cc4ccccc4)CC3)cc2c1)c1ccncc1. The number of amides is 2. The Morgan fingerprint density at radius 1 is 0.909 bits per heavy atom. The first kappa shape index (κ1) is 20.9. The Bertz CT molecular complexity index is 1260. The Hall–Kier alpha value is -3.93. The molecule has 2 aromatic heterocycles. The first-order valence-electron chi connectivity index (χ1n) is 11.3. The van der Waals surface area contributed by atoms with Crippen LogP contribution in [0.15, 0.2) is 79.1 Å². The van der Waals surface area contributed by atoms with E-state index in [1.54, 1.807) is 18.2 Å². The maximum atomic E-state index is 12.6. The van der Waals surface area contributed by atoms with Crippen LogP contribution in [0.1, 0.15) is 39.1 Å². The number of anilines is 1. The van der Waals surface area contributed by atoms with Crippen molar-refractivity contribution >= 4 is 28.5 Å². The van der Waals surface area contributed by atoms with Crippen molar-refractivity contribution in [3.63, 3.8) is 0 Å². The van der Waals surface area contributed by atoms with Crippen LogP contribution >= 0.6 is 0 Å². The Morgan fingerprint density at radius 2 is 1.64 bits per heavy atom. The number of H-pyrrole nitrogens is 1. The molecule has 166 valence electrons. The lowest BCUT2D eigenvalue weighted by Gasteiger charge is -2.32. The highest BCUT2D eigenvalue weighted by Gasteiger charge is 2.21. The number of rotatable bonds is 5. The highest BCUT2D eigenvalue weighted by atomic mass is 16.2. The summed E-state index contributed by atoms with van der Waals surface area (Å²) in [5.74, 6) is 0.939. The first-order chi connectivity index (χ1) is 16.2. The number of aromatic amines is 1. The van der Waals surface area contributed by atoms with Gasteiger partial charge in [0, 0.05) is 47.5 Å². The van der Waals surface area contributed by atoms with Crippen molar-refractivity contribution in [3.05, 3.63) is 95.8 Å². The van der Waals surface area contributed by atoms with Crippen molar-refractivity contribution in [1.82, 2.24) is 15.3 Å². The van der Waals surface area contributed by atoms with Crippen LogP contribution in [0.3, 0.4) is 0 Å². The lowest BCUT2D eigenvalue weighted by atomic mass is 9.90. The van der Waals surface area contributed by atoms with E-state index in [2.05, 4.69) is 56.6 Å². The first-order valence-corrected chi connectivity index (χ1v) is 11.3. The van der Waals surface area contributed by atoms with E-state index in [1.165, 1.54) is 18.0 Å². The molecule has 0 spiro atoms. The van der Waals surface area contributed by atoms with Crippen LogP contribution in [0.2, 0.25) is 0 Å². The van der Waals surface area contributed by atoms with Crippen molar-refractivity contribution in [1.29, 1.82) is 0 Å². The minimum atomic E-state index is -0.435. The number of pyridine rings is 1. The zero-order chi connectivity index (χ0) is 22.6. The monoisotopic (exact) mass is 438 g/mol. The molecule has 1 aliphatic rings. The number of nitrogens with one attached hydrogen (secondary N) is 2. The molecular weight excluding hydrogens is 412 g/mol. The molecule has 33 heavy (non-hydrogen) atoms. The fourth-order valence-corrected chi connectivity index (χ4v) is 4.51. The lowest BCUT2D eigenvalue weighted by Crippen LogP contribution is -2.34. The standard InChI is InChI=1S/C27H26N4O2/c32-26(21-8-12-28-13-9-21)30-27(33)22-6-7-24-23(17-22)18-25(29-24)31-14-10-20(11-15-31)16-19-4-2-1-3-5-19/h1-9,12-13,17-18,20,29H,10-11,14-16H2,(H,30,32,33). The Morgan fingerprint density at radius 3 is 2.39 bits per heavy atom. The summed E-state index contributed by atoms with van der Waals surface area (Å²) in [5.41, 5.74) is 3.25. The van der Waals surface area contributed by atoms with Gasteiger partial charge in [-0.1, -0.05) is 30.3 Å². The summed E-state index contributed by atoms with van der Waals surface area (Å²) in [6.07, 6.45) is 6.51.